The topological polar surface area (TPSA) is 78.8 Å². The molecule has 2 amide bonds. The quantitative estimate of drug-likeness (QED) is 0.696. The molecule has 4 rings (SSSR count). The Balaban J connectivity index is 1.57. The number of alkyl halides is 4. The molecule has 2 unspecified atom stereocenters. The second-order valence-corrected chi connectivity index (χ2v) is 7.35. The Morgan fingerprint density at radius 2 is 2.06 bits per heavy atom. The summed E-state index contributed by atoms with van der Waals surface area (Å²) in [5, 5.41) is 4.73. The van der Waals surface area contributed by atoms with Crippen LogP contribution < -0.4 is 15.6 Å². The number of allylic oxidation sites excluding steroid dienone is 3. The number of carbonyl (C=O) groups excluding carboxylic acids is 2. The van der Waals surface area contributed by atoms with E-state index in [4.69, 9.17) is 0 Å². The van der Waals surface area contributed by atoms with Crippen molar-refractivity contribution in [3.8, 4) is 0 Å². The van der Waals surface area contributed by atoms with Crippen LogP contribution in [0.1, 0.15) is 18.2 Å². The predicted octanol–water partition coefficient (Wildman–Crippen LogP) is 1.32. The first-order chi connectivity index (χ1) is 14.8. The molecule has 11 heteroatoms. The number of aromatic amines is 1. The molecule has 31 heavy (non-hydrogen) atoms. The van der Waals surface area contributed by atoms with Gasteiger partial charge >= 0.3 is 6.18 Å². The molecule has 0 aliphatic carbocycles. The van der Waals surface area contributed by atoms with E-state index < -0.39 is 36.4 Å². The number of likely N-dealkylation sites (tertiary alicyclic amines) is 1. The monoisotopic (exact) mass is 438 g/mol. The number of aromatic nitrogens is 1. The highest BCUT2D eigenvalue weighted by Gasteiger charge is 2.47. The number of fused-ring (bicyclic) bond motifs is 1. The summed E-state index contributed by atoms with van der Waals surface area (Å²) >= 11 is 0. The van der Waals surface area contributed by atoms with Crippen molar-refractivity contribution in [1.29, 1.82) is 0 Å². The molecule has 0 bridgehead atoms. The minimum Gasteiger partial charge on any atom is -0.351 e. The van der Waals surface area contributed by atoms with E-state index in [2.05, 4.69) is 10.3 Å². The summed E-state index contributed by atoms with van der Waals surface area (Å²) in [7, 11) is 0. The van der Waals surface area contributed by atoms with Gasteiger partial charge in [0.1, 0.15) is 11.9 Å². The van der Waals surface area contributed by atoms with Crippen LogP contribution in [0, 0.1) is 0 Å². The Morgan fingerprint density at radius 1 is 1.26 bits per heavy atom. The highest BCUT2D eigenvalue weighted by Crippen LogP contribution is 2.32. The maximum Gasteiger partial charge on any atom is 0.418 e. The van der Waals surface area contributed by atoms with Gasteiger partial charge in [-0.1, -0.05) is 12.1 Å². The molecular formula is C20H20F4N5O2+. The van der Waals surface area contributed by atoms with Crippen LogP contribution >= 0.6 is 0 Å². The van der Waals surface area contributed by atoms with Gasteiger partial charge in [-0.2, -0.15) is 13.2 Å². The number of nitrogens with zero attached hydrogens (tertiary/aromatic N) is 2. The first kappa shape index (κ1) is 20.9. The van der Waals surface area contributed by atoms with Crippen LogP contribution in [0.3, 0.4) is 0 Å². The molecule has 164 valence electrons. The predicted molar refractivity (Wildman–Crippen MR) is 100 cm³/mol. The van der Waals surface area contributed by atoms with Gasteiger partial charge in [0.25, 0.3) is 11.8 Å². The number of H-pyrrole nitrogens is 1. The zero-order chi connectivity index (χ0) is 22.2. The lowest BCUT2D eigenvalue weighted by Gasteiger charge is -2.28. The second kappa shape index (κ2) is 8.05. The van der Waals surface area contributed by atoms with Gasteiger partial charge in [0.05, 0.1) is 12.2 Å². The number of rotatable bonds is 4. The second-order valence-electron chi connectivity index (χ2n) is 7.35. The van der Waals surface area contributed by atoms with Crippen molar-refractivity contribution in [2.24, 2.45) is 0 Å². The molecule has 1 saturated heterocycles. The minimum absolute atomic E-state index is 0.0543. The number of hydrogen-bond acceptors (Lipinski definition) is 4. The zero-order valence-electron chi connectivity index (χ0n) is 16.2. The van der Waals surface area contributed by atoms with E-state index in [9.17, 15) is 27.2 Å². The standard InChI is InChI=1S/C20H19F4N5O2/c21-12-7-10-28(11-12)19(31)17-26-15(14-6-2-4-9-29(14)17)18(30)27-16(20(22,23)24)13-5-1-3-8-25-13/h1-6,8-9,12,16-17,26H,7,10-11H2,(H,27,30)/p+1/t12-,16?,17?/m1/s1. The van der Waals surface area contributed by atoms with Crippen molar-refractivity contribution in [3.05, 3.63) is 65.9 Å². The fraction of sp³-hybridized carbons (Fsp3) is 0.350. The van der Waals surface area contributed by atoms with Crippen molar-refractivity contribution >= 4 is 11.8 Å². The first-order valence-corrected chi connectivity index (χ1v) is 9.67. The molecule has 3 aliphatic rings. The fourth-order valence-electron chi connectivity index (χ4n) is 3.75. The molecule has 3 N–H and O–H groups in total. The summed E-state index contributed by atoms with van der Waals surface area (Å²) < 4.78 is 54.4. The number of amides is 2. The third-order valence-electron chi connectivity index (χ3n) is 5.26. The van der Waals surface area contributed by atoms with Gasteiger partial charge in [-0.15, -0.1) is 0 Å². The summed E-state index contributed by atoms with van der Waals surface area (Å²) in [6.45, 7) is 0.184. The van der Waals surface area contributed by atoms with Crippen molar-refractivity contribution in [2.45, 2.75) is 31.0 Å². The van der Waals surface area contributed by atoms with Crippen LogP contribution in [0.25, 0.3) is 0 Å². The van der Waals surface area contributed by atoms with Gasteiger partial charge in [-0.3, -0.25) is 9.59 Å². The molecule has 0 aromatic carbocycles. The number of halogens is 4. The molecular weight excluding hydrogens is 418 g/mol. The maximum absolute atomic E-state index is 13.6. The molecule has 0 spiro atoms. The first-order valence-electron chi connectivity index (χ1n) is 9.67. The number of nitrogens with one attached hydrogen (secondary N) is 3. The molecule has 7 nitrogen and oxygen atoms in total. The number of pyridine rings is 1. The SMILES string of the molecule is O=C(NC(c1cccc[nH+]1)C(F)(F)F)C1=C2C=CC=CN2C(C(=O)N2CC[C@@H](F)C2)N1. The van der Waals surface area contributed by atoms with Crippen LogP contribution in [0.15, 0.2) is 60.2 Å². The third kappa shape index (κ3) is 4.12. The van der Waals surface area contributed by atoms with Gasteiger partial charge in [0.15, 0.2) is 12.4 Å². The molecule has 1 fully saturated rings. The fourth-order valence-corrected chi connectivity index (χ4v) is 3.75. The summed E-state index contributed by atoms with van der Waals surface area (Å²) in [6.07, 6.45) is 0.938. The van der Waals surface area contributed by atoms with E-state index in [1.165, 1.54) is 40.3 Å². The van der Waals surface area contributed by atoms with Gasteiger partial charge in [-0.25, -0.2) is 9.37 Å². The normalized spacial score (nSPS) is 23.6. The zero-order valence-corrected chi connectivity index (χ0v) is 16.2. The highest BCUT2D eigenvalue weighted by atomic mass is 19.4. The molecule has 0 radical (unpaired) electrons. The summed E-state index contributed by atoms with van der Waals surface area (Å²) in [5.74, 6) is -1.47. The van der Waals surface area contributed by atoms with Crippen LogP contribution in [-0.2, 0) is 9.59 Å². The van der Waals surface area contributed by atoms with Crippen LogP contribution in [-0.4, -0.2) is 53.2 Å². The lowest BCUT2D eigenvalue weighted by atomic mass is 10.1. The minimum atomic E-state index is -4.75. The van der Waals surface area contributed by atoms with E-state index in [0.717, 1.165) is 0 Å². The third-order valence-corrected chi connectivity index (χ3v) is 5.26. The van der Waals surface area contributed by atoms with Crippen molar-refractivity contribution < 1.29 is 32.1 Å². The Hall–Kier alpha value is -3.37. The molecule has 1 aromatic heterocycles. The molecule has 1 aromatic rings. The van der Waals surface area contributed by atoms with E-state index >= 15 is 0 Å². The lowest BCUT2D eigenvalue weighted by Crippen LogP contribution is -2.50. The maximum atomic E-state index is 13.6. The Bertz CT molecular complexity index is 960. The van der Waals surface area contributed by atoms with E-state index in [1.807, 2.05) is 5.32 Å². The lowest BCUT2D eigenvalue weighted by molar-refractivity contribution is -0.401. The van der Waals surface area contributed by atoms with E-state index in [0.29, 0.717) is 0 Å². The largest absolute Gasteiger partial charge is 0.418 e. The van der Waals surface area contributed by atoms with Gasteiger partial charge < -0.3 is 20.4 Å². The average Bonchev–Trinajstić information content (AvgIpc) is 3.35. The Labute approximate surface area is 175 Å². The molecule has 3 aliphatic heterocycles. The Morgan fingerprint density at radius 3 is 2.71 bits per heavy atom. The van der Waals surface area contributed by atoms with Gasteiger partial charge in [-0.05, 0) is 18.6 Å². The number of hydrogen-bond donors (Lipinski definition) is 2. The number of carbonyl (C=O) groups is 2. The van der Waals surface area contributed by atoms with Gasteiger partial charge in [0, 0.05) is 24.9 Å². The van der Waals surface area contributed by atoms with Crippen molar-refractivity contribution in [1.82, 2.24) is 20.4 Å². The molecule has 0 saturated carbocycles. The Kier molecular flexibility index (Phi) is 5.42. The molecule has 4 heterocycles. The smallest absolute Gasteiger partial charge is 0.351 e. The van der Waals surface area contributed by atoms with Crippen LogP contribution in [0.4, 0.5) is 17.6 Å². The summed E-state index contributed by atoms with van der Waals surface area (Å²) in [4.78, 5) is 31.0. The van der Waals surface area contributed by atoms with Crippen LogP contribution in [0.2, 0.25) is 0 Å². The molecule has 3 atom stereocenters. The average molecular weight is 438 g/mol. The van der Waals surface area contributed by atoms with Gasteiger partial charge in [0.2, 0.25) is 11.7 Å². The highest BCUT2D eigenvalue weighted by molar-refractivity contribution is 5.97. The van der Waals surface area contributed by atoms with Crippen molar-refractivity contribution in [2.75, 3.05) is 13.1 Å². The summed E-state index contributed by atoms with van der Waals surface area (Å²) in [6, 6.07) is 1.90. The van der Waals surface area contributed by atoms with E-state index in [-0.39, 0.29) is 36.6 Å². The van der Waals surface area contributed by atoms with Crippen LogP contribution in [0.5, 0.6) is 0 Å². The van der Waals surface area contributed by atoms with E-state index in [1.54, 1.807) is 18.4 Å². The van der Waals surface area contributed by atoms with Crippen molar-refractivity contribution in [3.63, 3.8) is 0 Å². The summed E-state index contributed by atoms with van der Waals surface area (Å²) in [5.41, 5.74) is -0.144.